The molecule has 0 unspecified atom stereocenters. The topological polar surface area (TPSA) is 29.3 Å². The highest BCUT2D eigenvalue weighted by Crippen LogP contribution is 2.41. The average molecular weight is 418 g/mol. The van der Waals surface area contributed by atoms with Gasteiger partial charge in [0.1, 0.15) is 0 Å². The zero-order chi connectivity index (χ0) is 15.5. The molecule has 0 aliphatic carbocycles. The van der Waals surface area contributed by atoms with Crippen LogP contribution in [0.25, 0.3) is 0 Å². The first-order chi connectivity index (χ1) is 10.7. The largest absolute Gasteiger partial charge is 0.399 e. The fraction of sp³-hybridized carbons (Fsp3) is 0. The fourth-order valence-corrected chi connectivity index (χ4v) is 3.22. The lowest BCUT2D eigenvalue weighted by Crippen LogP contribution is -2.11. The van der Waals surface area contributed by atoms with E-state index in [9.17, 15) is 0 Å². The number of anilines is 4. The second-order valence-corrected chi connectivity index (χ2v) is 6.54. The minimum absolute atomic E-state index is 0.753. The van der Waals surface area contributed by atoms with Crippen molar-refractivity contribution in [1.29, 1.82) is 0 Å². The van der Waals surface area contributed by atoms with Gasteiger partial charge in [-0.25, -0.2) is 0 Å². The Morgan fingerprint density at radius 3 is 1.55 bits per heavy atom. The second kappa shape index (κ2) is 6.55. The Hall–Kier alpha value is -1.78. The number of hydrogen-bond donors (Lipinski definition) is 1. The molecule has 0 atom stereocenters. The summed E-state index contributed by atoms with van der Waals surface area (Å²) >= 11 is 7.30. The van der Waals surface area contributed by atoms with E-state index in [1.165, 1.54) is 0 Å². The van der Waals surface area contributed by atoms with Gasteiger partial charge in [0.25, 0.3) is 0 Å². The minimum atomic E-state index is 0.753. The summed E-state index contributed by atoms with van der Waals surface area (Å²) in [4.78, 5) is 2.19. The molecular weight excluding hydrogens is 404 g/mol. The third-order valence-corrected chi connectivity index (χ3v) is 4.68. The Kier molecular flexibility index (Phi) is 4.50. The van der Waals surface area contributed by atoms with E-state index in [1.54, 1.807) is 0 Å². The maximum Gasteiger partial charge on any atom is 0.0604 e. The Labute approximate surface area is 146 Å². The van der Waals surface area contributed by atoms with Crippen molar-refractivity contribution >= 4 is 54.6 Å². The van der Waals surface area contributed by atoms with Gasteiger partial charge in [0, 0.05) is 20.3 Å². The Morgan fingerprint density at radius 2 is 1.09 bits per heavy atom. The van der Waals surface area contributed by atoms with Crippen molar-refractivity contribution in [3.05, 3.63) is 81.7 Å². The lowest BCUT2D eigenvalue weighted by atomic mass is 10.2. The van der Waals surface area contributed by atoms with E-state index < -0.39 is 0 Å². The summed E-state index contributed by atoms with van der Waals surface area (Å²) in [6.07, 6.45) is 0. The number of halogens is 2. The molecule has 0 saturated heterocycles. The smallest absolute Gasteiger partial charge is 0.0604 e. The molecule has 0 fully saturated rings. The number of nitrogens with two attached hydrogens (primary N) is 1. The van der Waals surface area contributed by atoms with Crippen LogP contribution >= 0.6 is 31.9 Å². The van der Waals surface area contributed by atoms with Crippen LogP contribution in [0.1, 0.15) is 0 Å². The molecular formula is C18H14Br2N2. The number of benzene rings is 3. The summed E-state index contributed by atoms with van der Waals surface area (Å²) < 4.78 is 2.06. The molecule has 0 spiro atoms. The van der Waals surface area contributed by atoms with Gasteiger partial charge in [0.15, 0.2) is 0 Å². The van der Waals surface area contributed by atoms with Gasteiger partial charge < -0.3 is 10.6 Å². The van der Waals surface area contributed by atoms with E-state index in [2.05, 4.69) is 48.9 Å². The number of hydrogen-bond acceptors (Lipinski definition) is 2. The van der Waals surface area contributed by atoms with Crippen LogP contribution in [0.4, 0.5) is 22.7 Å². The normalized spacial score (nSPS) is 10.5. The lowest BCUT2D eigenvalue weighted by molar-refractivity contribution is 1.26. The monoisotopic (exact) mass is 416 g/mol. The van der Waals surface area contributed by atoms with Gasteiger partial charge in [-0.2, -0.15) is 0 Å². The second-order valence-electron chi connectivity index (χ2n) is 4.83. The SMILES string of the molecule is Nc1ccc(N(c2ccccc2Br)c2ccccc2Br)cc1. The van der Waals surface area contributed by atoms with Crippen LogP contribution in [-0.2, 0) is 0 Å². The summed E-state index contributed by atoms with van der Waals surface area (Å²) in [6.45, 7) is 0. The number of rotatable bonds is 3. The van der Waals surface area contributed by atoms with Gasteiger partial charge >= 0.3 is 0 Å². The molecule has 2 N–H and O–H groups in total. The van der Waals surface area contributed by atoms with Crippen molar-refractivity contribution in [2.45, 2.75) is 0 Å². The molecule has 0 radical (unpaired) electrons. The van der Waals surface area contributed by atoms with Gasteiger partial charge in [-0.1, -0.05) is 24.3 Å². The van der Waals surface area contributed by atoms with Crippen LogP contribution < -0.4 is 10.6 Å². The predicted molar refractivity (Wildman–Crippen MR) is 101 cm³/mol. The van der Waals surface area contributed by atoms with E-state index in [-0.39, 0.29) is 0 Å². The van der Waals surface area contributed by atoms with Crippen molar-refractivity contribution < 1.29 is 0 Å². The van der Waals surface area contributed by atoms with Crippen LogP contribution in [0, 0.1) is 0 Å². The molecule has 3 rings (SSSR count). The third kappa shape index (κ3) is 3.03. The van der Waals surface area contributed by atoms with Crippen molar-refractivity contribution in [2.24, 2.45) is 0 Å². The van der Waals surface area contributed by atoms with Gasteiger partial charge in [-0.3, -0.25) is 0 Å². The molecule has 110 valence electrons. The van der Waals surface area contributed by atoms with Crippen molar-refractivity contribution in [2.75, 3.05) is 10.6 Å². The first-order valence-electron chi connectivity index (χ1n) is 6.81. The summed E-state index contributed by atoms with van der Waals surface area (Å²) in [5.41, 5.74) is 9.77. The zero-order valence-corrected chi connectivity index (χ0v) is 14.9. The van der Waals surface area contributed by atoms with Crippen molar-refractivity contribution in [1.82, 2.24) is 0 Å². The lowest BCUT2D eigenvalue weighted by Gasteiger charge is -2.27. The fourth-order valence-electron chi connectivity index (χ4n) is 2.30. The van der Waals surface area contributed by atoms with E-state index in [0.717, 1.165) is 31.7 Å². The van der Waals surface area contributed by atoms with Crippen LogP contribution in [0.15, 0.2) is 81.7 Å². The summed E-state index contributed by atoms with van der Waals surface area (Å²) in [7, 11) is 0. The predicted octanol–water partition coefficient (Wildman–Crippen LogP) is 6.26. The molecule has 22 heavy (non-hydrogen) atoms. The quantitative estimate of drug-likeness (QED) is 0.509. The van der Waals surface area contributed by atoms with E-state index in [1.807, 2.05) is 60.7 Å². The summed E-state index contributed by atoms with van der Waals surface area (Å²) in [5.74, 6) is 0. The molecule has 0 aromatic heterocycles. The van der Waals surface area contributed by atoms with Crippen LogP contribution in [-0.4, -0.2) is 0 Å². The highest BCUT2D eigenvalue weighted by Gasteiger charge is 2.16. The van der Waals surface area contributed by atoms with Crippen molar-refractivity contribution in [3.63, 3.8) is 0 Å². The van der Waals surface area contributed by atoms with Gasteiger partial charge in [0.2, 0.25) is 0 Å². The van der Waals surface area contributed by atoms with E-state index in [4.69, 9.17) is 5.73 Å². The maximum atomic E-state index is 5.83. The van der Waals surface area contributed by atoms with E-state index in [0.29, 0.717) is 0 Å². The highest BCUT2D eigenvalue weighted by molar-refractivity contribution is 9.11. The van der Waals surface area contributed by atoms with E-state index >= 15 is 0 Å². The van der Waals surface area contributed by atoms with Crippen LogP contribution in [0.2, 0.25) is 0 Å². The Bertz CT molecular complexity index is 740. The average Bonchev–Trinajstić information content (AvgIpc) is 2.53. The first kappa shape index (κ1) is 15.1. The molecule has 0 saturated carbocycles. The molecule has 4 heteroatoms. The van der Waals surface area contributed by atoms with Gasteiger partial charge in [-0.05, 0) is 80.4 Å². The Morgan fingerprint density at radius 1 is 0.636 bits per heavy atom. The highest BCUT2D eigenvalue weighted by atomic mass is 79.9. The van der Waals surface area contributed by atoms with Gasteiger partial charge in [-0.15, -0.1) is 0 Å². The minimum Gasteiger partial charge on any atom is -0.399 e. The maximum absolute atomic E-state index is 5.83. The molecule has 3 aromatic carbocycles. The molecule has 0 amide bonds. The van der Waals surface area contributed by atoms with Crippen LogP contribution in [0.3, 0.4) is 0 Å². The number of nitrogen functional groups attached to an aromatic ring is 1. The molecule has 0 aliphatic heterocycles. The summed E-state index contributed by atoms with van der Waals surface area (Å²) in [5, 5.41) is 0. The summed E-state index contributed by atoms with van der Waals surface area (Å²) in [6, 6.07) is 24.2. The first-order valence-corrected chi connectivity index (χ1v) is 8.40. The molecule has 3 aromatic rings. The van der Waals surface area contributed by atoms with Crippen molar-refractivity contribution in [3.8, 4) is 0 Å². The van der Waals surface area contributed by atoms with Gasteiger partial charge in [0.05, 0.1) is 11.4 Å². The number of nitrogens with zero attached hydrogens (tertiary/aromatic N) is 1. The molecule has 2 nitrogen and oxygen atoms in total. The molecule has 0 aliphatic rings. The number of para-hydroxylation sites is 2. The Balaban J connectivity index is 2.21. The molecule has 0 heterocycles. The third-order valence-electron chi connectivity index (χ3n) is 3.34. The molecule has 0 bridgehead atoms. The zero-order valence-electron chi connectivity index (χ0n) is 11.7. The standard InChI is InChI=1S/C18H14Br2N2/c19-15-5-1-3-7-17(15)22(14-11-9-13(21)10-12-14)18-8-4-2-6-16(18)20/h1-12H,21H2. The van der Waals surface area contributed by atoms with Crippen LogP contribution in [0.5, 0.6) is 0 Å².